The number of para-hydroxylation sites is 1. The molecule has 0 spiro atoms. The van der Waals surface area contributed by atoms with E-state index in [-0.39, 0.29) is 11.6 Å². The zero-order valence-corrected chi connectivity index (χ0v) is 14.8. The number of benzene rings is 2. The number of thiazole rings is 1. The number of rotatable bonds is 4. The van der Waals surface area contributed by atoms with Gasteiger partial charge in [0.15, 0.2) is 10.6 Å². The lowest BCUT2D eigenvalue weighted by molar-refractivity contribution is 0.0991. The van der Waals surface area contributed by atoms with Gasteiger partial charge in [0.2, 0.25) is 0 Å². The van der Waals surface area contributed by atoms with Crippen LogP contribution in [0.4, 0.5) is 4.39 Å². The molecule has 0 aliphatic rings. The molecular weight excluding hydrogens is 339 g/mol. The summed E-state index contributed by atoms with van der Waals surface area (Å²) in [5.41, 5.74) is 1.42. The predicted octanol–water partition coefficient (Wildman–Crippen LogP) is 4.20. The van der Waals surface area contributed by atoms with Gasteiger partial charge in [0, 0.05) is 17.7 Å². The maximum atomic E-state index is 14.2. The molecule has 128 valence electrons. The number of aromatic nitrogens is 1. The summed E-state index contributed by atoms with van der Waals surface area (Å²) in [6, 6.07) is 11.3. The highest BCUT2D eigenvalue weighted by Crippen LogP contribution is 2.20. The second kappa shape index (κ2) is 7.11. The first-order valence-electron chi connectivity index (χ1n) is 7.99. The third-order valence-corrected chi connectivity index (χ3v) is 4.88. The van der Waals surface area contributed by atoms with Gasteiger partial charge in [-0.25, -0.2) is 4.39 Å². The first-order chi connectivity index (χ1) is 12.0. The fraction of sp³-hybridized carbons (Fsp3) is 0.211. The van der Waals surface area contributed by atoms with Crippen LogP contribution in [0.1, 0.15) is 41.0 Å². The Morgan fingerprint density at radius 3 is 2.44 bits per heavy atom. The Morgan fingerprint density at radius 2 is 1.80 bits per heavy atom. The Labute approximate surface area is 148 Å². The predicted molar refractivity (Wildman–Crippen MR) is 96.4 cm³/mol. The topological polar surface area (TPSA) is 51.4 Å². The second-order valence-corrected chi connectivity index (χ2v) is 6.68. The summed E-state index contributed by atoms with van der Waals surface area (Å²) >= 11 is 1.29. The van der Waals surface area contributed by atoms with E-state index in [4.69, 9.17) is 0 Å². The van der Waals surface area contributed by atoms with Gasteiger partial charge in [0.25, 0.3) is 5.91 Å². The zero-order chi connectivity index (χ0) is 18.0. The molecule has 3 aromatic rings. The number of ketones is 1. The van der Waals surface area contributed by atoms with Crippen LogP contribution in [-0.2, 0) is 6.54 Å². The van der Waals surface area contributed by atoms with E-state index < -0.39 is 5.91 Å². The first kappa shape index (κ1) is 17.2. The molecule has 0 saturated carbocycles. The Morgan fingerprint density at radius 1 is 1.12 bits per heavy atom. The van der Waals surface area contributed by atoms with Gasteiger partial charge in [-0.15, -0.1) is 0 Å². The number of nitrogens with zero attached hydrogens (tertiary/aromatic N) is 2. The number of hydrogen-bond donors (Lipinski definition) is 0. The average Bonchev–Trinajstić information content (AvgIpc) is 2.94. The molecule has 0 radical (unpaired) electrons. The standard InChI is InChI=1S/C19H17FN2O2S/c1-3-11-22-17-15(20)5-4-6-16(17)25-19(22)21-18(24)14-9-7-13(8-10-14)12(2)23/h4-10H,3,11H2,1-2H3. The first-order valence-corrected chi connectivity index (χ1v) is 8.81. The van der Waals surface area contributed by atoms with E-state index in [9.17, 15) is 14.0 Å². The Bertz CT molecular complexity index is 1020. The van der Waals surface area contributed by atoms with Crippen LogP contribution in [0.25, 0.3) is 10.2 Å². The number of halogens is 1. The number of amides is 1. The van der Waals surface area contributed by atoms with Gasteiger partial charge >= 0.3 is 0 Å². The van der Waals surface area contributed by atoms with E-state index in [1.54, 1.807) is 34.9 Å². The molecule has 0 fully saturated rings. The third-order valence-electron chi connectivity index (χ3n) is 3.83. The normalized spacial score (nSPS) is 11.9. The van der Waals surface area contributed by atoms with E-state index in [1.807, 2.05) is 13.0 Å². The van der Waals surface area contributed by atoms with Crippen LogP contribution in [0.2, 0.25) is 0 Å². The number of Topliss-reactive ketones (excluding diaryl/α,β-unsaturated/α-hetero) is 1. The molecule has 0 aliphatic carbocycles. The van der Waals surface area contributed by atoms with Gasteiger partial charge in [-0.1, -0.05) is 36.5 Å². The van der Waals surface area contributed by atoms with Gasteiger partial charge in [-0.2, -0.15) is 4.99 Å². The Kier molecular flexibility index (Phi) is 4.90. The van der Waals surface area contributed by atoms with E-state index in [0.29, 0.717) is 28.0 Å². The van der Waals surface area contributed by atoms with E-state index in [2.05, 4.69) is 4.99 Å². The average molecular weight is 356 g/mol. The molecule has 0 atom stereocenters. The lowest BCUT2D eigenvalue weighted by atomic mass is 10.1. The molecule has 1 heterocycles. The second-order valence-electron chi connectivity index (χ2n) is 5.67. The molecule has 4 nitrogen and oxygen atoms in total. The third kappa shape index (κ3) is 3.44. The molecule has 3 rings (SSSR count). The molecule has 1 aromatic heterocycles. The lowest BCUT2D eigenvalue weighted by Gasteiger charge is -2.03. The van der Waals surface area contributed by atoms with Gasteiger partial charge in [0.05, 0.1) is 10.2 Å². The van der Waals surface area contributed by atoms with E-state index >= 15 is 0 Å². The van der Waals surface area contributed by atoms with Gasteiger partial charge < -0.3 is 4.57 Å². The number of carbonyl (C=O) groups is 2. The van der Waals surface area contributed by atoms with E-state index in [1.165, 1.54) is 24.3 Å². The van der Waals surface area contributed by atoms with Crippen LogP contribution in [0, 0.1) is 5.82 Å². The lowest BCUT2D eigenvalue weighted by Crippen LogP contribution is -2.17. The Hall–Kier alpha value is -2.60. The highest BCUT2D eigenvalue weighted by molar-refractivity contribution is 7.16. The molecular formula is C19H17FN2O2S. The minimum Gasteiger partial charge on any atom is -0.314 e. The zero-order valence-electron chi connectivity index (χ0n) is 14.0. The number of carbonyl (C=O) groups excluding carboxylic acids is 2. The minimum absolute atomic E-state index is 0.0586. The largest absolute Gasteiger partial charge is 0.314 e. The smallest absolute Gasteiger partial charge is 0.279 e. The molecule has 0 aliphatic heterocycles. The summed E-state index contributed by atoms with van der Waals surface area (Å²) in [5.74, 6) is -0.787. The van der Waals surface area contributed by atoms with Crippen molar-refractivity contribution in [2.45, 2.75) is 26.8 Å². The molecule has 0 N–H and O–H groups in total. The maximum Gasteiger partial charge on any atom is 0.279 e. The van der Waals surface area contributed by atoms with Crippen molar-refractivity contribution in [3.8, 4) is 0 Å². The summed E-state index contributed by atoms with van der Waals surface area (Å²) in [7, 11) is 0. The summed E-state index contributed by atoms with van der Waals surface area (Å²) < 4.78 is 16.7. The number of hydrogen-bond acceptors (Lipinski definition) is 3. The summed E-state index contributed by atoms with van der Waals surface area (Å²) in [5, 5.41) is 0. The molecule has 25 heavy (non-hydrogen) atoms. The molecule has 0 saturated heterocycles. The number of fused-ring (bicyclic) bond motifs is 1. The van der Waals surface area contributed by atoms with Crippen LogP contribution in [0.15, 0.2) is 47.5 Å². The van der Waals surface area contributed by atoms with E-state index in [0.717, 1.165) is 11.1 Å². The van der Waals surface area contributed by atoms with Crippen molar-refractivity contribution < 1.29 is 14.0 Å². The van der Waals surface area contributed by atoms with Crippen molar-refractivity contribution >= 4 is 33.2 Å². The van der Waals surface area contributed by atoms with Crippen molar-refractivity contribution in [2.24, 2.45) is 4.99 Å². The summed E-state index contributed by atoms with van der Waals surface area (Å²) in [6.45, 7) is 4.04. The highest BCUT2D eigenvalue weighted by Gasteiger charge is 2.12. The maximum absolute atomic E-state index is 14.2. The molecule has 1 amide bonds. The summed E-state index contributed by atoms with van der Waals surface area (Å²) in [6.07, 6.45) is 0.800. The van der Waals surface area contributed by atoms with Crippen LogP contribution in [-0.4, -0.2) is 16.3 Å². The fourth-order valence-corrected chi connectivity index (χ4v) is 3.67. The molecule has 0 unspecified atom stereocenters. The quantitative estimate of drug-likeness (QED) is 0.658. The van der Waals surface area contributed by atoms with Crippen LogP contribution in [0.3, 0.4) is 0 Å². The Balaban J connectivity index is 2.08. The van der Waals surface area contributed by atoms with Crippen molar-refractivity contribution in [1.82, 2.24) is 4.57 Å². The van der Waals surface area contributed by atoms with Crippen molar-refractivity contribution in [2.75, 3.05) is 0 Å². The van der Waals surface area contributed by atoms with Crippen LogP contribution in [0.5, 0.6) is 0 Å². The van der Waals surface area contributed by atoms with Gasteiger partial charge in [-0.05, 0) is 37.6 Å². The molecule has 2 aromatic carbocycles. The van der Waals surface area contributed by atoms with Gasteiger partial charge in [0.1, 0.15) is 5.82 Å². The fourth-order valence-electron chi connectivity index (χ4n) is 2.60. The van der Waals surface area contributed by atoms with Crippen molar-refractivity contribution in [3.05, 3.63) is 64.2 Å². The van der Waals surface area contributed by atoms with Crippen LogP contribution >= 0.6 is 11.3 Å². The molecule has 6 heteroatoms. The monoisotopic (exact) mass is 356 g/mol. The van der Waals surface area contributed by atoms with Crippen molar-refractivity contribution in [1.29, 1.82) is 0 Å². The molecule has 0 bridgehead atoms. The number of aryl methyl sites for hydroxylation is 1. The van der Waals surface area contributed by atoms with Crippen molar-refractivity contribution in [3.63, 3.8) is 0 Å². The summed E-state index contributed by atoms with van der Waals surface area (Å²) in [4.78, 5) is 28.4. The SMILES string of the molecule is CCCn1c(=NC(=O)c2ccc(C(C)=O)cc2)sc2cccc(F)c21. The highest BCUT2D eigenvalue weighted by atomic mass is 32.1. The van der Waals surface area contributed by atoms with Gasteiger partial charge in [-0.3, -0.25) is 9.59 Å². The van der Waals surface area contributed by atoms with Crippen LogP contribution < -0.4 is 4.80 Å². The minimum atomic E-state index is -0.410.